The van der Waals surface area contributed by atoms with Crippen molar-refractivity contribution in [3.63, 3.8) is 0 Å². The minimum Gasteiger partial charge on any atom is -0.383 e. The van der Waals surface area contributed by atoms with Gasteiger partial charge in [-0.25, -0.2) is 0 Å². The fourth-order valence-electron chi connectivity index (χ4n) is 3.54. The van der Waals surface area contributed by atoms with Gasteiger partial charge in [0.25, 0.3) is 0 Å². The van der Waals surface area contributed by atoms with E-state index >= 15 is 0 Å². The van der Waals surface area contributed by atoms with Crippen molar-refractivity contribution < 1.29 is 9.53 Å². The average molecular weight is 399 g/mol. The molecule has 28 heavy (non-hydrogen) atoms. The third-order valence-electron chi connectivity index (χ3n) is 4.83. The first-order chi connectivity index (χ1) is 13.4. The lowest BCUT2D eigenvalue weighted by molar-refractivity contribution is 0.102. The van der Waals surface area contributed by atoms with Crippen LogP contribution in [0.4, 0.5) is 0 Å². The lowest BCUT2D eigenvalue weighted by Gasteiger charge is -2.17. The molecule has 3 aromatic rings. The molecule has 1 unspecified atom stereocenters. The highest BCUT2D eigenvalue weighted by molar-refractivity contribution is 7.99. The van der Waals surface area contributed by atoms with E-state index < -0.39 is 0 Å². The zero-order valence-electron chi connectivity index (χ0n) is 17.0. The van der Waals surface area contributed by atoms with Gasteiger partial charge < -0.3 is 13.9 Å². The number of carbonyl (C=O) groups excluding carboxylic acids is 1. The van der Waals surface area contributed by atoms with Gasteiger partial charge in [0, 0.05) is 36.7 Å². The average Bonchev–Trinajstić information content (AvgIpc) is 3.20. The summed E-state index contributed by atoms with van der Waals surface area (Å²) in [6.07, 6.45) is 0. The third-order valence-corrected chi connectivity index (χ3v) is 5.85. The van der Waals surface area contributed by atoms with Gasteiger partial charge >= 0.3 is 0 Å². The maximum atomic E-state index is 12.9. The molecule has 2 heterocycles. The Morgan fingerprint density at radius 3 is 2.61 bits per heavy atom. The summed E-state index contributed by atoms with van der Waals surface area (Å²) in [5, 5.41) is 9.27. The zero-order chi connectivity index (χ0) is 20.3. The number of benzene rings is 1. The molecule has 1 aromatic carbocycles. The molecule has 7 heteroatoms. The van der Waals surface area contributed by atoms with E-state index in [-0.39, 0.29) is 11.8 Å². The van der Waals surface area contributed by atoms with Crippen LogP contribution in [-0.4, -0.2) is 44.6 Å². The first-order valence-electron chi connectivity index (χ1n) is 9.22. The number of hydrogen-bond donors (Lipinski definition) is 0. The maximum absolute atomic E-state index is 12.9. The van der Waals surface area contributed by atoms with Crippen molar-refractivity contribution in [2.75, 3.05) is 19.5 Å². The van der Waals surface area contributed by atoms with Gasteiger partial charge in [-0.1, -0.05) is 42.1 Å². The zero-order valence-corrected chi connectivity index (χ0v) is 17.8. The predicted molar refractivity (Wildman–Crippen MR) is 112 cm³/mol. The van der Waals surface area contributed by atoms with Gasteiger partial charge in [0.15, 0.2) is 16.8 Å². The number of Topliss-reactive ketones (excluding diaryl/α,β-unsaturated/α-hetero) is 1. The summed E-state index contributed by atoms with van der Waals surface area (Å²) in [4.78, 5) is 12.9. The van der Waals surface area contributed by atoms with Crippen LogP contribution in [0.3, 0.4) is 0 Å². The van der Waals surface area contributed by atoms with E-state index in [0.29, 0.717) is 12.4 Å². The van der Waals surface area contributed by atoms with E-state index in [9.17, 15) is 4.79 Å². The molecule has 0 saturated carbocycles. The molecule has 0 aliphatic rings. The molecule has 0 bridgehead atoms. The van der Waals surface area contributed by atoms with Crippen LogP contribution in [-0.2, 0) is 11.8 Å². The van der Waals surface area contributed by atoms with Gasteiger partial charge in [-0.2, -0.15) is 0 Å². The second-order valence-electron chi connectivity index (χ2n) is 6.90. The van der Waals surface area contributed by atoms with Crippen LogP contribution in [0.1, 0.15) is 34.7 Å². The second kappa shape index (κ2) is 8.75. The molecule has 6 nitrogen and oxygen atoms in total. The van der Waals surface area contributed by atoms with Gasteiger partial charge in [-0.15, -0.1) is 10.2 Å². The van der Waals surface area contributed by atoms with Gasteiger partial charge in [-0.05, 0) is 26.8 Å². The number of aromatic nitrogens is 4. The Kier molecular flexibility index (Phi) is 6.36. The Labute approximate surface area is 169 Å². The normalized spacial score (nSPS) is 12.3. The molecule has 1 atom stereocenters. The number of thioether (sulfide) groups is 1. The highest BCUT2D eigenvalue weighted by Crippen LogP contribution is 2.25. The molecule has 0 saturated heterocycles. The van der Waals surface area contributed by atoms with Crippen LogP contribution in [0, 0.1) is 13.8 Å². The van der Waals surface area contributed by atoms with Crippen molar-refractivity contribution in [2.24, 2.45) is 7.05 Å². The van der Waals surface area contributed by atoms with E-state index in [4.69, 9.17) is 4.74 Å². The molecular weight excluding hydrogens is 372 g/mol. The number of ketones is 1. The number of ether oxygens (including phenoxy) is 1. The monoisotopic (exact) mass is 398 g/mol. The minimum absolute atomic E-state index is 0.0956. The minimum atomic E-state index is 0.0956. The lowest BCUT2D eigenvalue weighted by Crippen LogP contribution is -2.14. The Balaban J connectivity index is 1.73. The van der Waals surface area contributed by atoms with E-state index in [2.05, 4.69) is 21.7 Å². The first-order valence-corrected chi connectivity index (χ1v) is 10.2. The van der Waals surface area contributed by atoms with Crippen LogP contribution in [0.5, 0.6) is 0 Å². The summed E-state index contributed by atoms with van der Waals surface area (Å²) in [6, 6.07) is 12.1. The SMILES string of the molecule is COCC(C)n1c(C)cc(C(=O)CSc2nnc(-c3ccccc3)n2C)c1C. The van der Waals surface area contributed by atoms with Crippen LogP contribution in [0.2, 0.25) is 0 Å². The van der Waals surface area contributed by atoms with Crippen molar-refractivity contribution in [2.45, 2.75) is 32.0 Å². The molecule has 0 fully saturated rings. The molecule has 148 valence electrons. The molecule has 0 N–H and O–H groups in total. The Morgan fingerprint density at radius 2 is 1.93 bits per heavy atom. The van der Waals surface area contributed by atoms with E-state index in [1.807, 2.05) is 61.9 Å². The number of aryl methyl sites for hydroxylation is 1. The van der Waals surface area contributed by atoms with Crippen LogP contribution >= 0.6 is 11.8 Å². The summed E-state index contributed by atoms with van der Waals surface area (Å²) < 4.78 is 9.36. The summed E-state index contributed by atoms with van der Waals surface area (Å²) in [6.45, 7) is 6.72. The topological polar surface area (TPSA) is 61.9 Å². The van der Waals surface area contributed by atoms with Crippen molar-refractivity contribution in [3.05, 3.63) is 53.3 Å². The van der Waals surface area contributed by atoms with Crippen LogP contribution in [0.25, 0.3) is 11.4 Å². The van der Waals surface area contributed by atoms with E-state index in [1.165, 1.54) is 11.8 Å². The number of nitrogens with zero attached hydrogens (tertiary/aromatic N) is 4. The maximum Gasteiger partial charge on any atom is 0.191 e. The fourth-order valence-corrected chi connectivity index (χ4v) is 4.33. The molecule has 0 spiro atoms. The highest BCUT2D eigenvalue weighted by atomic mass is 32.2. The van der Waals surface area contributed by atoms with Gasteiger partial charge in [0.1, 0.15) is 0 Å². The molecule has 0 aliphatic carbocycles. The quantitative estimate of drug-likeness (QED) is 0.423. The van der Waals surface area contributed by atoms with Crippen molar-refractivity contribution >= 4 is 17.5 Å². The standard InChI is InChI=1S/C21H26N4O2S/c1-14-11-18(16(3)25(14)15(2)12-27-5)19(26)13-28-21-23-22-20(24(21)4)17-9-7-6-8-10-17/h6-11,15H,12-13H2,1-5H3. The third kappa shape index (κ3) is 4.05. The van der Waals surface area contributed by atoms with Crippen molar-refractivity contribution in [3.8, 4) is 11.4 Å². The lowest BCUT2D eigenvalue weighted by atomic mass is 10.2. The first kappa shape index (κ1) is 20.4. The Bertz CT molecular complexity index is 962. The highest BCUT2D eigenvalue weighted by Gasteiger charge is 2.20. The summed E-state index contributed by atoms with van der Waals surface area (Å²) in [7, 11) is 3.62. The van der Waals surface area contributed by atoms with Gasteiger partial charge in [0.05, 0.1) is 18.4 Å². The smallest absolute Gasteiger partial charge is 0.191 e. The summed E-state index contributed by atoms with van der Waals surface area (Å²) in [5.74, 6) is 1.21. The molecule has 3 rings (SSSR count). The second-order valence-corrected chi connectivity index (χ2v) is 7.84. The number of carbonyl (C=O) groups is 1. The Hall–Kier alpha value is -2.38. The molecule has 0 aliphatic heterocycles. The molecular formula is C21H26N4O2S. The largest absolute Gasteiger partial charge is 0.383 e. The molecule has 0 amide bonds. The fraction of sp³-hybridized carbons (Fsp3) is 0.381. The van der Waals surface area contributed by atoms with Crippen molar-refractivity contribution in [1.29, 1.82) is 0 Å². The number of rotatable bonds is 8. The summed E-state index contributed by atoms with van der Waals surface area (Å²) in [5.41, 5.74) is 3.82. The predicted octanol–water partition coefficient (Wildman–Crippen LogP) is 4.08. The van der Waals surface area contributed by atoms with Crippen molar-refractivity contribution in [1.82, 2.24) is 19.3 Å². The molecule has 2 aromatic heterocycles. The van der Waals surface area contributed by atoms with E-state index in [0.717, 1.165) is 33.5 Å². The summed E-state index contributed by atoms with van der Waals surface area (Å²) >= 11 is 1.41. The van der Waals surface area contributed by atoms with Gasteiger partial charge in [-0.3, -0.25) is 4.79 Å². The van der Waals surface area contributed by atoms with Gasteiger partial charge in [0.2, 0.25) is 0 Å². The number of hydrogen-bond acceptors (Lipinski definition) is 5. The van der Waals surface area contributed by atoms with Crippen LogP contribution < -0.4 is 0 Å². The number of methoxy groups -OCH3 is 1. The van der Waals surface area contributed by atoms with Crippen LogP contribution in [0.15, 0.2) is 41.6 Å². The molecule has 0 radical (unpaired) electrons. The van der Waals surface area contributed by atoms with E-state index in [1.54, 1.807) is 7.11 Å². The Morgan fingerprint density at radius 1 is 1.21 bits per heavy atom.